The molecule has 0 heterocycles. The van der Waals surface area contributed by atoms with Crippen LogP contribution in [0.3, 0.4) is 0 Å². The van der Waals surface area contributed by atoms with Crippen LogP contribution in [-0.4, -0.2) is 36.1 Å². The standard InChI is InChI=1S/C16H30O6S.Na/c1-2-3-4-5-6-7-8-9-10-11-14-22-15(17)12-13-16(18)23(19,20)21;/h12-13,16,18H,2-11,14H2,1H3,(H,19,20,21);/q;+1/p-1/b13-12+;. The summed E-state index contributed by atoms with van der Waals surface area (Å²) in [5.41, 5.74) is -2.22. The van der Waals surface area contributed by atoms with Gasteiger partial charge in [-0.05, 0) is 12.5 Å². The summed E-state index contributed by atoms with van der Waals surface area (Å²) in [7, 11) is -4.83. The van der Waals surface area contributed by atoms with E-state index in [9.17, 15) is 17.8 Å². The Morgan fingerprint density at radius 2 is 1.50 bits per heavy atom. The number of unbranched alkanes of at least 4 members (excludes halogenated alkanes) is 9. The molecule has 0 bridgehead atoms. The molecule has 0 saturated heterocycles. The van der Waals surface area contributed by atoms with Crippen molar-refractivity contribution in [2.75, 3.05) is 6.61 Å². The van der Waals surface area contributed by atoms with E-state index in [4.69, 9.17) is 9.84 Å². The number of hydrogen-bond donors (Lipinski definition) is 1. The summed E-state index contributed by atoms with van der Waals surface area (Å²) >= 11 is 0. The van der Waals surface area contributed by atoms with E-state index in [1.807, 2.05) is 0 Å². The van der Waals surface area contributed by atoms with Crippen LogP contribution < -0.4 is 29.6 Å². The Balaban J connectivity index is 0. The number of aliphatic hydroxyl groups excluding tert-OH is 1. The first kappa shape index (κ1) is 26.3. The van der Waals surface area contributed by atoms with Crippen LogP contribution in [0, 0.1) is 0 Å². The van der Waals surface area contributed by atoms with Gasteiger partial charge in [0.15, 0.2) is 5.44 Å². The van der Waals surface area contributed by atoms with Gasteiger partial charge >= 0.3 is 35.5 Å². The van der Waals surface area contributed by atoms with Crippen molar-refractivity contribution >= 4 is 16.1 Å². The minimum Gasteiger partial charge on any atom is -0.746 e. The van der Waals surface area contributed by atoms with Gasteiger partial charge in [-0.3, -0.25) is 0 Å². The smallest absolute Gasteiger partial charge is 0.746 e. The Morgan fingerprint density at radius 3 is 1.96 bits per heavy atom. The Bertz CT molecular complexity index is 436. The number of esters is 1. The number of rotatable bonds is 14. The molecule has 136 valence electrons. The van der Waals surface area contributed by atoms with E-state index < -0.39 is 21.5 Å². The molecule has 0 aliphatic rings. The molecule has 24 heavy (non-hydrogen) atoms. The molecule has 0 saturated carbocycles. The van der Waals surface area contributed by atoms with Gasteiger partial charge in [0.1, 0.15) is 10.1 Å². The molecule has 6 nitrogen and oxygen atoms in total. The summed E-state index contributed by atoms with van der Waals surface area (Å²) in [5.74, 6) is -0.761. The quantitative estimate of drug-likeness (QED) is 0.150. The predicted molar refractivity (Wildman–Crippen MR) is 87.6 cm³/mol. The van der Waals surface area contributed by atoms with Gasteiger partial charge < -0.3 is 14.4 Å². The zero-order chi connectivity index (χ0) is 17.6. The van der Waals surface area contributed by atoms with E-state index in [0.717, 1.165) is 25.3 Å². The third-order valence-corrected chi connectivity index (χ3v) is 4.18. The van der Waals surface area contributed by atoms with Crippen LogP contribution in [0.25, 0.3) is 0 Å². The molecule has 1 unspecified atom stereocenters. The van der Waals surface area contributed by atoms with Crippen molar-refractivity contribution in [2.45, 2.75) is 76.6 Å². The van der Waals surface area contributed by atoms with Crippen molar-refractivity contribution in [3.8, 4) is 0 Å². The second-order valence-electron chi connectivity index (χ2n) is 5.59. The van der Waals surface area contributed by atoms with Crippen LogP contribution in [0.15, 0.2) is 12.2 Å². The van der Waals surface area contributed by atoms with E-state index >= 15 is 0 Å². The zero-order valence-electron chi connectivity index (χ0n) is 14.9. The molecule has 0 aromatic carbocycles. The average molecular weight is 372 g/mol. The van der Waals surface area contributed by atoms with Crippen molar-refractivity contribution in [3.63, 3.8) is 0 Å². The summed E-state index contributed by atoms with van der Waals surface area (Å²) in [6.45, 7) is 2.45. The summed E-state index contributed by atoms with van der Waals surface area (Å²) in [6, 6.07) is 0. The maximum Gasteiger partial charge on any atom is 1.00 e. The fourth-order valence-electron chi connectivity index (χ4n) is 2.07. The third kappa shape index (κ3) is 16.9. The molecule has 8 heteroatoms. The van der Waals surface area contributed by atoms with Crippen LogP contribution >= 0.6 is 0 Å². The maximum atomic E-state index is 11.2. The van der Waals surface area contributed by atoms with Crippen molar-refractivity contribution < 1.29 is 57.2 Å². The molecule has 0 aromatic rings. The zero-order valence-corrected chi connectivity index (χ0v) is 17.7. The fraction of sp³-hybridized carbons (Fsp3) is 0.812. The summed E-state index contributed by atoms with van der Waals surface area (Å²) in [4.78, 5) is 11.2. The van der Waals surface area contributed by atoms with Crippen LogP contribution in [0.5, 0.6) is 0 Å². The number of hydrogen-bond acceptors (Lipinski definition) is 6. The molecule has 0 radical (unpaired) electrons. The molecule has 0 rings (SSSR count). The molecule has 1 atom stereocenters. The Hall–Kier alpha value is 0.0800. The number of aliphatic hydroxyl groups is 1. The SMILES string of the molecule is CCCCCCCCCCCCOC(=O)/C=C/C(O)S(=O)(=O)[O-].[Na+]. The van der Waals surface area contributed by atoms with Crippen LogP contribution in [0.4, 0.5) is 0 Å². The average Bonchev–Trinajstić information content (AvgIpc) is 2.49. The van der Waals surface area contributed by atoms with Gasteiger partial charge in [0.25, 0.3) is 0 Å². The first-order valence-corrected chi connectivity index (χ1v) is 9.82. The first-order chi connectivity index (χ1) is 10.9. The predicted octanol–water partition coefficient (Wildman–Crippen LogP) is -0.126. The second kappa shape index (κ2) is 16.5. The molecule has 0 spiro atoms. The van der Waals surface area contributed by atoms with E-state index in [1.54, 1.807) is 0 Å². The van der Waals surface area contributed by atoms with Crippen molar-refractivity contribution in [1.29, 1.82) is 0 Å². The first-order valence-electron chi connectivity index (χ1n) is 8.35. The number of carbonyl (C=O) groups excluding carboxylic acids is 1. The molecule has 0 aliphatic carbocycles. The second-order valence-corrected chi connectivity index (χ2v) is 7.06. The van der Waals surface area contributed by atoms with Gasteiger partial charge in [-0.15, -0.1) is 0 Å². The summed E-state index contributed by atoms with van der Waals surface area (Å²) in [6.07, 6.45) is 13.1. The van der Waals surface area contributed by atoms with Gasteiger partial charge in [0.2, 0.25) is 0 Å². The molecular weight excluding hydrogens is 343 g/mol. The Morgan fingerprint density at radius 1 is 1.04 bits per heavy atom. The minimum absolute atomic E-state index is 0. The third-order valence-electron chi connectivity index (χ3n) is 3.43. The minimum atomic E-state index is -4.83. The van der Waals surface area contributed by atoms with E-state index in [0.29, 0.717) is 6.08 Å². The topological polar surface area (TPSA) is 104 Å². The van der Waals surface area contributed by atoms with Crippen LogP contribution in [0.2, 0.25) is 0 Å². The van der Waals surface area contributed by atoms with Crippen molar-refractivity contribution in [3.05, 3.63) is 12.2 Å². The molecule has 0 aliphatic heterocycles. The molecule has 1 N–H and O–H groups in total. The van der Waals surface area contributed by atoms with Crippen LogP contribution in [-0.2, 0) is 19.6 Å². The van der Waals surface area contributed by atoms with Gasteiger partial charge in [-0.1, -0.05) is 64.7 Å². The largest absolute Gasteiger partial charge is 1.00 e. The van der Waals surface area contributed by atoms with Gasteiger partial charge in [-0.2, -0.15) is 0 Å². The monoisotopic (exact) mass is 372 g/mol. The molecule has 0 fully saturated rings. The number of carbonyl (C=O) groups is 1. The van der Waals surface area contributed by atoms with Gasteiger partial charge in [0, 0.05) is 6.08 Å². The van der Waals surface area contributed by atoms with E-state index in [2.05, 4.69) is 6.92 Å². The van der Waals surface area contributed by atoms with Crippen molar-refractivity contribution in [2.24, 2.45) is 0 Å². The number of ether oxygens (including phenoxy) is 1. The Kier molecular flexibility index (Phi) is 18.1. The molecule has 0 aromatic heterocycles. The fourth-order valence-corrected chi connectivity index (χ4v) is 2.34. The van der Waals surface area contributed by atoms with Crippen LogP contribution in [0.1, 0.15) is 71.1 Å². The maximum absolute atomic E-state index is 11.2. The molecular formula is C16H29NaO6S. The normalized spacial score (nSPS) is 12.8. The van der Waals surface area contributed by atoms with E-state index in [-0.39, 0.29) is 36.2 Å². The summed E-state index contributed by atoms with van der Waals surface area (Å²) < 4.78 is 36.0. The molecule has 0 amide bonds. The van der Waals surface area contributed by atoms with E-state index in [1.165, 1.54) is 44.9 Å². The van der Waals surface area contributed by atoms with Crippen molar-refractivity contribution in [1.82, 2.24) is 0 Å². The van der Waals surface area contributed by atoms with Gasteiger partial charge in [0.05, 0.1) is 6.61 Å². The summed E-state index contributed by atoms with van der Waals surface area (Å²) in [5, 5.41) is 8.90. The van der Waals surface area contributed by atoms with Gasteiger partial charge in [-0.25, -0.2) is 13.2 Å². The Labute approximate surface area is 168 Å².